The molecule has 2 amide bonds. The maximum atomic E-state index is 12.4. The summed E-state index contributed by atoms with van der Waals surface area (Å²) in [6.07, 6.45) is 0.259. The number of nitrogens with one attached hydrogen (secondary N) is 2. The first-order valence-corrected chi connectivity index (χ1v) is 10.7. The number of anilines is 2. The van der Waals surface area contributed by atoms with Crippen molar-refractivity contribution in [3.63, 3.8) is 0 Å². The molecular formula is C25H21N3O2S. The predicted octanol–water partition coefficient (Wildman–Crippen LogP) is 5.62. The summed E-state index contributed by atoms with van der Waals surface area (Å²) in [6, 6.07) is 25.0. The Morgan fingerprint density at radius 2 is 1.45 bits per heavy atom. The van der Waals surface area contributed by atoms with Crippen molar-refractivity contribution in [2.24, 2.45) is 0 Å². The Kier molecular flexibility index (Phi) is 6.19. The number of hydrogen-bond acceptors (Lipinski definition) is 4. The lowest BCUT2D eigenvalue weighted by Gasteiger charge is -2.07. The lowest BCUT2D eigenvalue weighted by atomic mass is 10.1. The van der Waals surface area contributed by atoms with E-state index in [0.29, 0.717) is 5.69 Å². The number of carbonyl (C=O) groups excluding carboxylic acids is 2. The Morgan fingerprint density at radius 3 is 2.13 bits per heavy atom. The van der Waals surface area contributed by atoms with Gasteiger partial charge in [-0.1, -0.05) is 54.6 Å². The van der Waals surface area contributed by atoms with E-state index >= 15 is 0 Å². The van der Waals surface area contributed by atoms with Gasteiger partial charge in [0.2, 0.25) is 11.8 Å². The number of thiazole rings is 1. The SMILES string of the molecule is CC(=O)Nc1ccc(CC(=O)Nc2ccc(-c3csc(-c4ccccc4)n3)cc2)cc1. The average Bonchev–Trinajstić information content (AvgIpc) is 3.26. The van der Waals surface area contributed by atoms with Gasteiger partial charge in [-0.2, -0.15) is 0 Å². The molecule has 0 atom stereocenters. The monoisotopic (exact) mass is 427 g/mol. The molecule has 154 valence electrons. The lowest BCUT2D eigenvalue weighted by molar-refractivity contribution is -0.116. The Hall–Kier alpha value is -3.77. The van der Waals surface area contributed by atoms with Crippen LogP contribution in [0.15, 0.2) is 84.2 Å². The first-order chi connectivity index (χ1) is 15.1. The van der Waals surface area contributed by atoms with Crippen molar-refractivity contribution in [1.29, 1.82) is 0 Å². The van der Waals surface area contributed by atoms with Crippen LogP contribution >= 0.6 is 11.3 Å². The Balaban J connectivity index is 1.37. The fourth-order valence-electron chi connectivity index (χ4n) is 3.14. The van der Waals surface area contributed by atoms with Crippen LogP contribution in [0.1, 0.15) is 12.5 Å². The third-order valence-corrected chi connectivity index (χ3v) is 5.52. The highest BCUT2D eigenvalue weighted by molar-refractivity contribution is 7.13. The normalized spacial score (nSPS) is 10.5. The van der Waals surface area contributed by atoms with Crippen LogP contribution in [0, 0.1) is 0 Å². The van der Waals surface area contributed by atoms with Gasteiger partial charge < -0.3 is 10.6 Å². The molecule has 4 rings (SSSR count). The molecule has 1 aromatic heterocycles. The first kappa shape index (κ1) is 20.5. The number of aromatic nitrogens is 1. The van der Waals surface area contributed by atoms with Crippen LogP contribution in [0.25, 0.3) is 21.8 Å². The molecule has 0 bridgehead atoms. The van der Waals surface area contributed by atoms with Crippen molar-refractivity contribution in [3.8, 4) is 21.8 Å². The Bertz CT molecular complexity index is 1180. The summed E-state index contributed by atoms with van der Waals surface area (Å²) in [7, 11) is 0. The van der Waals surface area contributed by atoms with Crippen LogP contribution in [0.5, 0.6) is 0 Å². The molecule has 31 heavy (non-hydrogen) atoms. The van der Waals surface area contributed by atoms with Crippen LogP contribution in [-0.2, 0) is 16.0 Å². The van der Waals surface area contributed by atoms with E-state index < -0.39 is 0 Å². The van der Waals surface area contributed by atoms with Crippen molar-refractivity contribution in [3.05, 3.63) is 89.8 Å². The standard InChI is InChI=1S/C25H21N3O2S/c1-17(29)26-21-11-7-18(8-12-21)15-24(30)27-22-13-9-19(10-14-22)23-16-31-25(28-23)20-5-3-2-4-6-20/h2-14,16H,15H2,1H3,(H,26,29)(H,27,30). The van der Waals surface area contributed by atoms with Gasteiger partial charge in [-0.15, -0.1) is 11.3 Å². The molecule has 0 radical (unpaired) electrons. The van der Waals surface area contributed by atoms with Crippen LogP contribution in [0.4, 0.5) is 11.4 Å². The number of rotatable bonds is 6. The fraction of sp³-hybridized carbons (Fsp3) is 0.0800. The third-order valence-electron chi connectivity index (χ3n) is 4.63. The second-order valence-corrected chi connectivity index (χ2v) is 7.94. The van der Waals surface area contributed by atoms with Gasteiger partial charge in [0.25, 0.3) is 0 Å². The van der Waals surface area contributed by atoms with E-state index in [2.05, 4.69) is 22.8 Å². The van der Waals surface area contributed by atoms with E-state index in [-0.39, 0.29) is 18.2 Å². The summed E-state index contributed by atoms with van der Waals surface area (Å²) in [4.78, 5) is 28.2. The zero-order valence-electron chi connectivity index (χ0n) is 17.0. The van der Waals surface area contributed by atoms with E-state index in [1.54, 1.807) is 23.5 Å². The van der Waals surface area contributed by atoms with E-state index in [9.17, 15) is 9.59 Å². The molecule has 0 fully saturated rings. The summed E-state index contributed by atoms with van der Waals surface area (Å²) in [5.74, 6) is -0.220. The van der Waals surface area contributed by atoms with Gasteiger partial charge in [0.05, 0.1) is 12.1 Å². The van der Waals surface area contributed by atoms with Crippen molar-refractivity contribution in [1.82, 2.24) is 4.98 Å². The highest BCUT2D eigenvalue weighted by atomic mass is 32.1. The molecule has 0 saturated heterocycles. The quantitative estimate of drug-likeness (QED) is 0.420. The summed E-state index contributed by atoms with van der Waals surface area (Å²) >= 11 is 1.61. The van der Waals surface area contributed by atoms with Crippen molar-refractivity contribution in [2.75, 3.05) is 10.6 Å². The molecule has 0 aliphatic rings. The number of benzene rings is 3. The van der Waals surface area contributed by atoms with Gasteiger partial charge in [-0.3, -0.25) is 9.59 Å². The topological polar surface area (TPSA) is 71.1 Å². The molecule has 2 N–H and O–H groups in total. The summed E-state index contributed by atoms with van der Waals surface area (Å²) in [5.41, 5.74) is 5.35. The van der Waals surface area contributed by atoms with Gasteiger partial charge in [0, 0.05) is 34.8 Å². The molecule has 6 heteroatoms. The van der Waals surface area contributed by atoms with Crippen molar-refractivity contribution in [2.45, 2.75) is 13.3 Å². The van der Waals surface area contributed by atoms with Crippen LogP contribution in [0.2, 0.25) is 0 Å². The number of carbonyl (C=O) groups is 2. The molecule has 4 aromatic rings. The summed E-state index contributed by atoms with van der Waals surface area (Å²) in [5, 5.41) is 8.66. The summed E-state index contributed by atoms with van der Waals surface area (Å²) < 4.78 is 0. The maximum absolute atomic E-state index is 12.4. The second kappa shape index (κ2) is 9.36. The number of hydrogen-bond donors (Lipinski definition) is 2. The van der Waals surface area contributed by atoms with Gasteiger partial charge in [-0.25, -0.2) is 4.98 Å². The van der Waals surface area contributed by atoms with Crippen LogP contribution in [0.3, 0.4) is 0 Å². The Morgan fingerprint density at radius 1 is 0.806 bits per heavy atom. The smallest absolute Gasteiger partial charge is 0.228 e. The van der Waals surface area contributed by atoms with Gasteiger partial charge in [-0.05, 0) is 29.8 Å². The minimum Gasteiger partial charge on any atom is -0.326 e. The maximum Gasteiger partial charge on any atom is 0.228 e. The minimum absolute atomic E-state index is 0.0972. The van der Waals surface area contributed by atoms with Crippen molar-refractivity contribution >= 4 is 34.5 Å². The molecule has 3 aromatic carbocycles. The molecule has 0 saturated carbocycles. The fourth-order valence-corrected chi connectivity index (χ4v) is 3.98. The third kappa shape index (κ3) is 5.43. The molecule has 0 aliphatic heterocycles. The van der Waals surface area contributed by atoms with E-state index in [1.807, 2.05) is 60.0 Å². The number of amides is 2. The predicted molar refractivity (Wildman–Crippen MR) is 126 cm³/mol. The molecular weight excluding hydrogens is 406 g/mol. The zero-order valence-corrected chi connectivity index (χ0v) is 17.8. The average molecular weight is 428 g/mol. The highest BCUT2D eigenvalue weighted by Crippen LogP contribution is 2.29. The highest BCUT2D eigenvalue weighted by Gasteiger charge is 2.08. The van der Waals surface area contributed by atoms with Crippen molar-refractivity contribution < 1.29 is 9.59 Å². The number of nitrogens with zero attached hydrogens (tertiary/aromatic N) is 1. The zero-order chi connectivity index (χ0) is 21.6. The van der Waals surface area contributed by atoms with Crippen LogP contribution in [-0.4, -0.2) is 16.8 Å². The molecule has 0 aliphatic carbocycles. The largest absolute Gasteiger partial charge is 0.326 e. The van der Waals surface area contributed by atoms with E-state index in [4.69, 9.17) is 4.98 Å². The van der Waals surface area contributed by atoms with Gasteiger partial charge in [0.15, 0.2) is 0 Å². The molecule has 5 nitrogen and oxygen atoms in total. The summed E-state index contributed by atoms with van der Waals surface area (Å²) in [6.45, 7) is 1.46. The van der Waals surface area contributed by atoms with Gasteiger partial charge >= 0.3 is 0 Å². The van der Waals surface area contributed by atoms with Gasteiger partial charge in [0.1, 0.15) is 5.01 Å². The lowest BCUT2D eigenvalue weighted by Crippen LogP contribution is -2.14. The molecule has 0 unspecified atom stereocenters. The second-order valence-electron chi connectivity index (χ2n) is 7.08. The Labute approximate surface area is 184 Å². The molecule has 0 spiro atoms. The van der Waals surface area contributed by atoms with Crippen LogP contribution < -0.4 is 10.6 Å². The van der Waals surface area contributed by atoms with E-state index in [0.717, 1.165) is 33.1 Å². The van der Waals surface area contributed by atoms with E-state index in [1.165, 1.54) is 6.92 Å². The minimum atomic E-state index is -0.122. The first-order valence-electron chi connectivity index (χ1n) is 9.84. The molecule has 1 heterocycles.